The maximum Gasteiger partial charge on any atom is 0.0437 e. The Morgan fingerprint density at radius 1 is 1.33 bits per heavy atom. The molecule has 114 valence electrons. The Morgan fingerprint density at radius 3 is 2.76 bits per heavy atom. The summed E-state index contributed by atoms with van der Waals surface area (Å²) in [5.74, 6) is 2.64. The number of anilines is 1. The minimum atomic E-state index is 0.782. The molecule has 0 saturated carbocycles. The van der Waals surface area contributed by atoms with Crippen LogP contribution in [0, 0.1) is 19.3 Å². The Labute approximate surface area is 130 Å². The van der Waals surface area contributed by atoms with Gasteiger partial charge in [-0.2, -0.15) is 0 Å². The molecule has 1 aromatic carbocycles. The van der Waals surface area contributed by atoms with Crippen LogP contribution in [0.5, 0.6) is 0 Å². The van der Waals surface area contributed by atoms with E-state index in [1.54, 1.807) is 0 Å². The number of nitrogens with zero attached hydrogens (tertiary/aromatic N) is 1. The third kappa shape index (κ3) is 6.06. The lowest BCUT2D eigenvalue weighted by molar-refractivity contribution is 0.670. The summed E-state index contributed by atoms with van der Waals surface area (Å²) in [7, 11) is 0. The lowest BCUT2D eigenvalue weighted by Gasteiger charge is -2.28. The van der Waals surface area contributed by atoms with E-state index in [4.69, 9.17) is 6.42 Å². The summed E-state index contributed by atoms with van der Waals surface area (Å²) in [4.78, 5) is 2.36. The molecule has 2 nitrogen and oxygen atoms in total. The van der Waals surface area contributed by atoms with Crippen molar-refractivity contribution < 1.29 is 0 Å². The van der Waals surface area contributed by atoms with Crippen LogP contribution in [0.1, 0.15) is 38.2 Å². The van der Waals surface area contributed by atoms with Crippen LogP contribution < -0.4 is 10.2 Å². The third-order valence-corrected chi connectivity index (χ3v) is 3.56. The summed E-state index contributed by atoms with van der Waals surface area (Å²) >= 11 is 0. The van der Waals surface area contributed by atoms with Gasteiger partial charge in [-0.15, -0.1) is 12.3 Å². The number of benzene rings is 1. The molecule has 2 heteroatoms. The second-order valence-corrected chi connectivity index (χ2v) is 5.31. The molecule has 21 heavy (non-hydrogen) atoms. The number of para-hydroxylation sites is 1. The molecule has 0 aliphatic heterocycles. The first kappa shape index (κ1) is 17.3. The van der Waals surface area contributed by atoms with E-state index in [1.807, 2.05) is 0 Å². The van der Waals surface area contributed by atoms with E-state index in [1.165, 1.54) is 29.8 Å². The first-order chi connectivity index (χ1) is 10.2. The molecule has 0 spiro atoms. The number of terminal acetylenes is 1. The van der Waals surface area contributed by atoms with Gasteiger partial charge >= 0.3 is 0 Å². The van der Waals surface area contributed by atoms with Crippen molar-refractivity contribution >= 4 is 5.69 Å². The van der Waals surface area contributed by atoms with Gasteiger partial charge in [0.15, 0.2) is 0 Å². The molecule has 0 radical (unpaired) electrons. The molecule has 0 aliphatic rings. The smallest absolute Gasteiger partial charge is 0.0437 e. The Kier molecular flexibility index (Phi) is 8.31. The van der Waals surface area contributed by atoms with Crippen molar-refractivity contribution in [2.24, 2.45) is 0 Å². The van der Waals surface area contributed by atoms with E-state index in [9.17, 15) is 0 Å². The summed E-state index contributed by atoms with van der Waals surface area (Å²) in [6.07, 6.45) is 9.35. The average molecular weight is 284 g/mol. The minimum Gasteiger partial charge on any atom is -0.345 e. The maximum atomic E-state index is 5.25. The number of hydrogen-bond acceptors (Lipinski definition) is 2. The van der Waals surface area contributed by atoms with Crippen LogP contribution >= 0.6 is 0 Å². The molecule has 1 aromatic rings. The lowest BCUT2D eigenvalue weighted by Crippen LogP contribution is -2.27. The Morgan fingerprint density at radius 2 is 2.10 bits per heavy atom. The number of rotatable bonds is 10. The highest BCUT2D eigenvalue weighted by atomic mass is 15.1. The minimum absolute atomic E-state index is 0.782. The monoisotopic (exact) mass is 284 g/mol. The number of aryl methyl sites for hydroxylation is 1. The van der Waals surface area contributed by atoms with Crippen molar-refractivity contribution in [3.05, 3.63) is 42.1 Å². The summed E-state index contributed by atoms with van der Waals surface area (Å²) in [6.45, 7) is 11.5. The van der Waals surface area contributed by atoms with E-state index in [2.05, 4.69) is 60.8 Å². The van der Waals surface area contributed by atoms with E-state index >= 15 is 0 Å². The summed E-state index contributed by atoms with van der Waals surface area (Å²) in [6, 6.07) is 8.52. The third-order valence-electron chi connectivity index (χ3n) is 3.56. The normalized spacial score (nSPS) is 10.1. The SMILES string of the molecule is C#CCCNCCC(=C)N(CCCC)c1ccccc1C. The molecule has 1 N–H and O–H groups in total. The van der Waals surface area contributed by atoms with Gasteiger partial charge in [0, 0.05) is 37.4 Å². The molecule has 0 saturated heterocycles. The number of unbranched alkanes of at least 4 members (excludes halogenated alkanes) is 1. The molecule has 0 aromatic heterocycles. The van der Waals surface area contributed by atoms with Crippen LogP contribution in [-0.4, -0.2) is 19.6 Å². The first-order valence-corrected chi connectivity index (χ1v) is 7.85. The fraction of sp³-hybridized carbons (Fsp3) is 0.474. The maximum absolute atomic E-state index is 5.25. The van der Waals surface area contributed by atoms with Gasteiger partial charge < -0.3 is 10.2 Å². The Balaban J connectivity index is 2.63. The summed E-state index contributed by atoms with van der Waals surface area (Å²) in [5, 5.41) is 3.36. The van der Waals surface area contributed by atoms with Crippen molar-refractivity contribution in [2.75, 3.05) is 24.5 Å². The lowest BCUT2D eigenvalue weighted by atomic mass is 10.1. The fourth-order valence-electron chi connectivity index (χ4n) is 2.28. The van der Waals surface area contributed by atoms with Gasteiger partial charge in [-0.1, -0.05) is 38.1 Å². The zero-order valence-corrected chi connectivity index (χ0v) is 13.5. The fourth-order valence-corrected chi connectivity index (χ4v) is 2.28. The molecule has 0 aliphatic carbocycles. The highest BCUT2D eigenvalue weighted by molar-refractivity contribution is 5.57. The van der Waals surface area contributed by atoms with Crippen molar-refractivity contribution in [1.29, 1.82) is 0 Å². The predicted octanol–water partition coefficient (Wildman–Crippen LogP) is 4.12. The number of nitrogens with one attached hydrogen (secondary N) is 1. The molecular weight excluding hydrogens is 256 g/mol. The molecule has 0 fully saturated rings. The summed E-state index contributed by atoms with van der Waals surface area (Å²) in [5.41, 5.74) is 3.75. The number of hydrogen-bond donors (Lipinski definition) is 1. The molecule has 0 atom stereocenters. The van der Waals surface area contributed by atoms with Gasteiger partial charge in [0.1, 0.15) is 0 Å². The highest BCUT2D eigenvalue weighted by Crippen LogP contribution is 2.24. The van der Waals surface area contributed by atoms with Crippen molar-refractivity contribution in [3.8, 4) is 12.3 Å². The quantitative estimate of drug-likeness (QED) is 0.513. The molecular formula is C19H28N2. The van der Waals surface area contributed by atoms with Crippen molar-refractivity contribution in [3.63, 3.8) is 0 Å². The first-order valence-electron chi connectivity index (χ1n) is 7.85. The Hall–Kier alpha value is -1.72. The Bertz CT molecular complexity index is 471. The largest absolute Gasteiger partial charge is 0.345 e. The molecule has 0 unspecified atom stereocenters. The highest BCUT2D eigenvalue weighted by Gasteiger charge is 2.11. The van der Waals surface area contributed by atoms with Crippen molar-refractivity contribution in [2.45, 2.75) is 39.5 Å². The van der Waals surface area contributed by atoms with Crippen LogP contribution in [0.2, 0.25) is 0 Å². The average Bonchev–Trinajstić information content (AvgIpc) is 2.49. The zero-order chi connectivity index (χ0) is 15.5. The van der Waals surface area contributed by atoms with E-state index in [0.717, 1.165) is 32.5 Å². The van der Waals surface area contributed by atoms with E-state index in [0.29, 0.717) is 0 Å². The molecule has 0 bridgehead atoms. The standard InChI is InChI=1S/C19H28N2/c1-5-7-14-20-15-13-18(4)21(16-8-6-2)19-12-10-9-11-17(19)3/h1,9-12,20H,4,6-8,13-16H2,2-3H3. The van der Waals surface area contributed by atoms with Crippen LogP contribution in [-0.2, 0) is 0 Å². The van der Waals surface area contributed by atoms with Crippen LogP contribution in [0.25, 0.3) is 0 Å². The van der Waals surface area contributed by atoms with Crippen molar-refractivity contribution in [1.82, 2.24) is 5.32 Å². The van der Waals surface area contributed by atoms with Gasteiger partial charge in [-0.3, -0.25) is 0 Å². The van der Waals surface area contributed by atoms with Gasteiger partial charge in [-0.25, -0.2) is 0 Å². The van der Waals surface area contributed by atoms with Crippen LogP contribution in [0.4, 0.5) is 5.69 Å². The van der Waals surface area contributed by atoms with E-state index < -0.39 is 0 Å². The van der Waals surface area contributed by atoms with Gasteiger partial charge in [0.2, 0.25) is 0 Å². The van der Waals surface area contributed by atoms with Gasteiger partial charge in [0.05, 0.1) is 0 Å². The zero-order valence-electron chi connectivity index (χ0n) is 13.5. The molecule has 0 heterocycles. The van der Waals surface area contributed by atoms with E-state index in [-0.39, 0.29) is 0 Å². The van der Waals surface area contributed by atoms with Gasteiger partial charge in [0.25, 0.3) is 0 Å². The van der Waals surface area contributed by atoms with Crippen LogP contribution in [0.3, 0.4) is 0 Å². The second-order valence-electron chi connectivity index (χ2n) is 5.31. The second kappa shape index (κ2) is 10.1. The summed E-state index contributed by atoms with van der Waals surface area (Å²) < 4.78 is 0. The van der Waals surface area contributed by atoms with Crippen LogP contribution in [0.15, 0.2) is 36.5 Å². The predicted molar refractivity (Wildman–Crippen MR) is 93.5 cm³/mol. The van der Waals surface area contributed by atoms with Gasteiger partial charge in [-0.05, 0) is 31.4 Å². The topological polar surface area (TPSA) is 15.3 Å². The molecule has 1 rings (SSSR count). The molecule has 0 amide bonds.